The maximum absolute atomic E-state index is 13.8. The number of nitrogens with two attached hydrogens (primary N) is 1. The minimum absolute atomic E-state index is 0.00683. The minimum atomic E-state index is -1.42. The molecule has 3 aromatic rings. The van der Waals surface area contributed by atoms with Crippen molar-refractivity contribution in [3.05, 3.63) is 35.7 Å². The number of hydrogen-bond donors (Lipinski definition) is 14. The number of unbranched alkanes of at least 4 members (excludes halogenated alkanes) is 2. The predicted octanol–water partition coefficient (Wildman–Crippen LogP) is -8.18. The van der Waals surface area contributed by atoms with Crippen molar-refractivity contribution in [2.24, 2.45) is 5.73 Å². The highest BCUT2D eigenvalue weighted by molar-refractivity contribution is 5.77. The maximum Gasteiger partial charge on any atom is 0.220 e. The van der Waals surface area contributed by atoms with Crippen LogP contribution in [0.25, 0.3) is 0 Å². The normalized spacial score (nSPS) is 24.2. The molecule has 3 aliphatic heterocycles. The molecule has 0 unspecified atom stereocenters. The van der Waals surface area contributed by atoms with Crippen LogP contribution < -0.4 is 27.0 Å². The van der Waals surface area contributed by atoms with Crippen LogP contribution in [0, 0.1) is 0 Å². The number of hydrogen-bond acceptors (Lipinski definition) is 38. The summed E-state index contributed by atoms with van der Waals surface area (Å²) in [6, 6.07) is -3.18. The van der Waals surface area contributed by atoms with Gasteiger partial charge >= 0.3 is 0 Å². The molecule has 6 rings (SSSR count). The van der Waals surface area contributed by atoms with Gasteiger partial charge in [0.2, 0.25) is 23.6 Å². The number of aliphatic hydroxyl groups is 9. The number of aromatic nitrogens is 9. The van der Waals surface area contributed by atoms with E-state index in [2.05, 4.69) is 52.2 Å². The summed E-state index contributed by atoms with van der Waals surface area (Å²) in [6.07, 6.45) is -7.84. The average Bonchev–Trinajstić information content (AvgIpc) is 1.02. The fraction of sp³-hybridized carbons (Fsp3) is 0.851. The van der Waals surface area contributed by atoms with Crippen LogP contribution in [0.5, 0.6) is 0 Å². The molecule has 4 amide bonds. The van der Waals surface area contributed by atoms with Gasteiger partial charge < -0.3 is 158 Å². The molecule has 3 saturated heterocycles. The van der Waals surface area contributed by atoms with Gasteiger partial charge in [0.25, 0.3) is 0 Å². The first-order chi connectivity index (χ1) is 54.3. The van der Waals surface area contributed by atoms with Gasteiger partial charge in [0.05, 0.1) is 236 Å². The second-order valence-corrected chi connectivity index (χ2v) is 26.2. The molecule has 112 heavy (non-hydrogen) atoms. The van der Waals surface area contributed by atoms with Crippen molar-refractivity contribution in [1.82, 2.24) is 66.2 Å². The van der Waals surface area contributed by atoms with Crippen molar-refractivity contribution in [3.63, 3.8) is 0 Å². The van der Waals surface area contributed by atoms with Gasteiger partial charge in [0.15, 0.2) is 18.9 Å². The summed E-state index contributed by atoms with van der Waals surface area (Å²) in [5.74, 6) is -1.66. The Kier molecular flexibility index (Phi) is 46.6. The second kappa shape index (κ2) is 54.9. The van der Waals surface area contributed by atoms with Crippen molar-refractivity contribution in [3.8, 4) is 0 Å². The summed E-state index contributed by atoms with van der Waals surface area (Å²) < 4.78 is 108. The SMILES string of the molecule is CC(=O)N[C@H]1[C@H](OCCOCCOCCOCCn2cc(COCC(COCc3cn(CCOCCOCCOCCO[C@@H]4O[C@H](CO)[C@H](O)[C@H](O)[C@H]4NC(C)=O)nn3)(COCc3cn(CCOCCOCCOCCO[C@@H]4O[C@H](CO)[C@H](O)[C@H](O)[C@H]4NC(C)=O)nn3)NC(=O)CCCCCN)nn2)O[C@H](CO)[C@H](O)[C@@H]1O. The lowest BCUT2D eigenvalue weighted by molar-refractivity contribution is -0.272. The van der Waals surface area contributed by atoms with Crippen molar-refractivity contribution < 1.29 is 150 Å². The summed E-state index contributed by atoms with van der Waals surface area (Å²) >= 11 is 0. The molecule has 45 heteroatoms. The first-order valence-electron chi connectivity index (χ1n) is 37.4. The fourth-order valence-corrected chi connectivity index (χ4v) is 11.4. The van der Waals surface area contributed by atoms with Crippen LogP contribution >= 0.6 is 0 Å². The van der Waals surface area contributed by atoms with Gasteiger partial charge in [-0.15, -0.1) is 15.3 Å². The van der Waals surface area contributed by atoms with Crippen LogP contribution in [0.1, 0.15) is 63.5 Å². The first kappa shape index (κ1) is 95.0. The number of nitrogens with one attached hydrogen (secondary N) is 4. The van der Waals surface area contributed by atoms with Gasteiger partial charge in [-0.25, -0.2) is 14.0 Å². The van der Waals surface area contributed by atoms with Crippen LogP contribution in [0.4, 0.5) is 0 Å². The van der Waals surface area contributed by atoms with E-state index in [1.54, 1.807) is 32.6 Å². The van der Waals surface area contributed by atoms with E-state index in [4.69, 9.17) is 91.0 Å². The van der Waals surface area contributed by atoms with E-state index >= 15 is 0 Å². The summed E-state index contributed by atoms with van der Waals surface area (Å²) in [7, 11) is 0. The van der Waals surface area contributed by atoms with Crippen molar-refractivity contribution in [2.45, 2.75) is 183 Å². The van der Waals surface area contributed by atoms with E-state index in [1.807, 2.05) is 0 Å². The minimum Gasteiger partial charge on any atom is -0.394 e. The third-order valence-corrected chi connectivity index (χ3v) is 17.1. The number of aliphatic hydroxyl groups excluding tert-OH is 9. The average molecular weight is 1620 g/mol. The van der Waals surface area contributed by atoms with Crippen molar-refractivity contribution in [2.75, 3.05) is 185 Å². The number of ether oxygens (including phenoxy) is 18. The van der Waals surface area contributed by atoms with E-state index in [-0.39, 0.29) is 191 Å². The summed E-state index contributed by atoms with van der Waals surface area (Å²) in [5.41, 5.74) is 5.96. The van der Waals surface area contributed by atoms with Crippen LogP contribution in [-0.2, 0) is 144 Å². The predicted molar refractivity (Wildman–Crippen MR) is 379 cm³/mol. The highest BCUT2D eigenvalue weighted by Gasteiger charge is 2.48. The van der Waals surface area contributed by atoms with E-state index < -0.39 is 135 Å². The van der Waals surface area contributed by atoms with Gasteiger partial charge in [-0.1, -0.05) is 22.1 Å². The highest BCUT2D eigenvalue weighted by atomic mass is 16.7. The van der Waals surface area contributed by atoms with Crippen molar-refractivity contribution in [1.29, 1.82) is 0 Å². The third-order valence-electron chi connectivity index (χ3n) is 17.1. The molecule has 3 aliphatic rings. The zero-order chi connectivity index (χ0) is 80.7. The van der Waals surface area contributed by atoms with Gasteiger partial charge in [0.1, 0.15) is 95.7 Å². The first-order valence-corrected chi connectivity index (χ1v) is 37.4. The molecule has 642 valence electrons. The number of carbonyl (C=O) groups excluding carboxylic acids is 4. The Morgan fingerprint density at radius 1 is 0.402 bits per heavy atom. The topological polar surface area (TPSA) is 583 Å². The molecule has 0 aromatic carbocycles. The fourth-order valence-electron chi connectivity index (χ4n) is 11.4. The lowest BCUT2D eigenvalue weighted by Crippen LogP contribution is -2.64. The summed E-state index contributed by atoms with van der Waals surface area (Å²) in [6.45, 7) is 7.76. The monoisotopic (exact) mass is 1610 g/mol. The second-order valence-electron chi connectivity index (χ2n) is 26.2. The van der Waals surface area contributed by atoms with Crippen LogP contribution in [0.3, 0.4) is 0 Å². The van der Waals surface area contributed by atoms with Crippen molar-refractivity contribution >= 4 is 23.6 Å². The van der Waals surface area contributed by atoms with Gasteiger partial charge in [-0.05, 0) is 19.4 Å². The smallest absolute Gasteiger partial charge is 0.220 e. The molecule has 6 heterocycles. The van der Waals surface area contributed by atoms with E-state index in [1.165, 1.54) is 20.8 Å². The zero-order valence-corrected chi connectivity index (χ0v) is 63.9. The van der Waals surface area contributed by atoms with E-state index in [0.717, 1.165) is 12.8 Å². The van der Waals surface area contributed by atoms with Crippen LogP contribution in [0.2, 0.25) is 0 Å². The Morgan fingerprint density at radius 2 is 0.679 bits per heavy atom. The molecular weight excluding hydrogens is 1500 g/mol. The number of carbonyl (C=O) groups is 4. The van der Waals surface area contributed by atoms with Gasteiger partial charge in [-0.2, -0.15) is 0 Å². The quantitative estimate of drug-likeness (QED) is 0.0233. The molecule has 0 radical (unpaired) electrons. The molecule has 3 fully saturated rings. The lowest BCUT2D eigenvalue weighted by Gasteiger charge is -2.42. The van der Waals surface area contributed by atoms with Crippen LogP contribution in [-0.4, -0.2) is 397 Å². The molecule has 15 N–H and O–H groups in total. The summed E-state index contributed by atoms with van der Waals surface area (Å²) in [4.78, 5) is 48.9. The van der Waals surface area contributed by atoms with Crippen LogP contribution in [0.15, 0.2) is 18.6 Å². The largest absolute Gasteiger partial charge is 0.394 e. The molecule has 45 nitrogen and oxygen atoms in total. The number of nitrogens with zero attached hydrogens (tertiary/aromatic N) is 9. The molecular formula is C67H118N14O31. The Morgan fingerprint density at radius 3 is 0.946 bits per heavy atom. The molecule has 0 aliphatic carbocycles. The molecule has 15 atom stereocenters. The number of amides is 4. The standard InChI is InChI=1S/C67H118N14O31/c1-45(85)69-55-61(92)58(89)51(36-82)110-64(55)107-30-27-101-24-21-98-18-15-95-12-9-79-33-48(73-76-79)39-104-42-67(72-54(88)7-5-4-6-8-68,43-105-40-49-34-80(77-74-49)10-13-96-16-19-99-22-25-102-28-31-108-65-56(70-46(2)86)62(93)59(90)52(37-83)111-65)44-106-41-50-35-81(78-75-50)11-14-97-17-20-100-23-26-103-29-32-109-66-57(71-47(3)87)63(94)60(91)53(38-84)112-66/h33-35,51-53,55-66,82-84,89-94H,4-32,36-44,68H2,1-3H3,(H,69,85)(H,70,86)(H,71,87)(H,72,88)/t51-,52-,53-,55-,56-,57-,58+,59+,60+,61-,62-,63-,64-,65-,66-/m1/s1. The Hall–Kier alpha value is -5.82. The summed E-state index contributed by atoms with van der Waals surface area (Å²) in [5, 5.41) is 127. The highest BCUT2D eigenvalue weighted by Crippen LogP contribution is 2.26. The lowest BCUT2D eigenvalue weighted by atomic mass is 9.97. The Balaban J connectivity index is 0.924. The maximum atomic E-state index is 13.8. The van der Waals surface area contributed by atoms with E-state index in [9.17, 15) is 65.1 Å². The Labute approximate surface area is 648 Å². The molecule has 0 spiro atoms. The molecule has 3 aromatic heterocycles. The van der Waals surface area contributed by atoms with Gasteiger partial charge in [0, 0.05) is 27.2 Å². The molecule has 0 bridgehead atoms. The third kappa shape index (κ3) is 35.7. The number of rotatable bonds is 63. The van der Waals surface area contributed by atoms with Gasteiger partial charge in [-0.3, -0.25) is 19.2 Å². The Bertz CT molecular complexity index is 2720. The molecule has 0 saturated carbocycles. The van der Waals surface area contributed by atoms with E-state index in [0.29, 0.717) is 49.7 Å². The zero-order valence-electron chi connectivity index (χ0n) is 63.9.